The Bertz CT molecular complexity index is 393. The van der Waals surface area contributed by atoms with E-state index in [-0.39, 0.29) is 12.5 Å². The summed E-state index contributed by atoms with van der Waals surface area (Å²) in [5.74, 6) is 0.696. The second kappa shape index (κ2) is 9.34. The summed E-state index contributed by atoms with van der Waals surface area (Å²) in [6.07, 6.45) is 0. The molecule has 112 valence electrons. The zero-order valence-electron chi connectivity index (χ0n) is 12.5. The Morgan fingerprint density at radius 2 is 2.00 bits per heavy atom. The van der Waals surface area contributed by atoms with Crippen LogP contribution in [0, 0.1) is 0 Å². The van der Waals surface area contributed by atoms with E-state index in [1.54, 1.807) is 19.1 Å². The number of nitrogens with zero attached hydrogens (tertiary/aromatic N) is 1. The quantitative estimate of drug-likeness (QED) is 0.692. The number of amides is 1. The Morgan fingerprint density at radius 1 is 1.30 bits per heavy atom. The normalized spacial score (nSPS) is 10.3. The summed E-state index contributed by atoms with van der Waals surface area (Å²) in [6.45, 7) is 5.02. The van der Waals surface area contributed by atoms with Gasteiger partial charge in [0.25, 0.3) is 5.91 Å². The molecule has 0 aliphatic carbocycles. The summed E-state index contributed by atoms with van der Waals surface area (Å²) in [5.41, 5.74) is 1.17. The molecule has 0 saturated carbocycles. The Labute approximate surface area is 120 Å². The fourth-order valence-electron chi connectivity index (χ4n) is 1.54. The fourth-order valence-corrected chi connectivity index (χ4v) is 1.54. The molecule has 0 atom stereocenters. The maximum absolute atomic E-state index is 11.6. The van der Waals surface area contributed by atoms with E-state index >= 15 is 0 Å². The molecule has 0 fully saturated rings. The van der Waals surface area contributed by atoms with Crippen molar-refractivity contribution in [2.75, 3.05) is 40.5 Å². The second-order valence-corrected chi connectivity index (χ2v) is 4.51. The molecule has 0 unspecified atom stereocenters. The molecule has 0 aromatic heterocycles. The summed E-state index contributed by atoms with van der Waals surface area (Å²) < 4.78 is 10.4. The highest BCUT2D eigenvalue weighted by Crippen LogP contribution is 2.12. The van der Waals surface area contributed by atoms with Gasteiger partial charge in [-0.3, -0.25) is 4.79 Å². The highest BCUT2D eigenvalue weighted by molar-refractivity contribution is 5.77. The lowest BCUT2D eigenvalue weighted by Crippen LogP contribution is -2.31. The molecule has 1 aromatic carbocycles. The third kappa shape index (κ3) is 6.04. The lowest BCUT2D eigenvalue weighted by Gasteiger charge is -2.14. The molecule has 1 amide bonds. The van der Waals surface area contributed by atoms with Gasteiger partial charge in [-0.05, 0) is 24.6 Å². The van der Waals surface area contributed by atoms with E-state index in [2.05, 4.69) is 5.32 Å². The van der Waals surface area contributed by atoms with E-state index in [4.69, 9.17) is 9.47 Å². The summed E-state index contributed by atoms with van der Waals surface area (Å²) in [4.78, 5) is 13.2. The maximum atomic E-state index is 11.6. The van der Waals surface area contributed by atoms with Crippen LogP contribution >= 0.6 is 0 Å². The first-order valence-electron chi connectivity index (χ1n) is 6.82. The van der Waals surface area contributed by atoms with E-state index in [1.165, 1.54) is 5.56 Å². The van der Waals surface area contributed by atoms with Crippen LogP contribution in [-0.4, -0.2) is 51.3 Å². The molecule has 1 aromatic rings. The van der Waals surface area contributed by atoms with E-state index in [1.807, 2.05) is 31.2 Å². The highest BCUT2D eigenvalue weighted by atomic mass is 16.5. The third-order valence-electron chi connectivity index (χ3n) is 3.00. The smallest absolute Gasteiger partial charge is 0.260 e. The van der Waals surface area contributed by atoms with E-state index in [9.17, 15) is 4.79 Å². The number of nitrogens with one attached hydrogen (secondary N) is 1. The molecule has 0 bridgehead atoms. The van der Waals surface area contributed by atoms with Crippen molar-refractivity contribution < 1.29 is 14.3 Å². The van der Waals surface area contributed by atoms with Crippen molar-refractivity contribution in [3.8, 4) is 5.75 Å². The van der Waals surface area contributed by atoms with E-state index < -0.39 is 0 Å². The standard InChI is InChI=1S/C15H24N2O3/c1-4-17(2)15(18)12-20-14-7-5-13(6-8-14)11-16-9-10-19-3/h5-8,16H,4,9-12H2,1-3H3. The number of benzene rings is 1. The zero-order valence-corrected chi connectivity index (χ0v) is 12.5. The van der Waals surface area contributed by atoms with Crippen molar-refractivity contribution in [1.29, 1.82) is 0 Å². The average molecular weight is 280 g/mol. The van der Waals surface area contributed by atoms with Crippen molar-refractivity contribution in [1.82, 2.24) is 10.2 Å². The largest absolute Gasteiger partial charge is 0.484 e. The van der Waals surface area contributed by atoms with Gasteiger partial charge in [0.1, 0.15) is 5.75 Å². The molecule has 0 saturated heterocycles. The molecule has 0 aliphatic heterocycles. The molecule has 1 rings (SSSR count). The molecular formula is C15H24N2O3. The van der Waals surface area contributed by atoms with Crippen LogP contribution in [0.25, 0.3) is 0 Å². The predicted octanol–water partition coefficient (Wildman–Crippen LogP) is 1.28. The number of hydrogen-bond donors (Lipinski definition) is 1. The summed E-state index contributed by atoms with van der Waals surface area (Å²) in [5, 5.41) is 3.27. The molecule has 0 aliphatic rings. The Kier molecular flexibility index (Phi) is 7.69. The number of ether oxygens (including phenoxy) is 2. The van der Waals surface area contributed by atoms with Gasteiger partial charge in [0, 0.05) is 33.8 Å². The van der Waals surface area contributed by atoms with E-state index in [0.29, 0.717) is 18.9 Å². The van der Waals surface area contributed by atoms with Crippen molar-refractivity contribution >= 4 is 5.91 Å². The number of methoxy groups -OCH3 is 1. The molecule has 5 nitrogen and oxygen atoms in total. The molecule has 0 radical (unpaired) electrons. The van der Waals surface area contributed by atoms with Crippen molar-refractivity contribution in [3.63, 3.8) is 0 Å². The Hall–Kier alpha value is -1.59. The van der Waals surface area contributed by atoms with Crippen LogP contribution < -0.4 is 10.1 Å². The van der Waals surface area contributed by atoms with Gasteiger partial charge in [0.05, 0.1) is 6.61 Å². The van der Waals surface area contributed by atoms with Crippen molar-refractivity contribution in [2.24, 2.45) is 0 Å². The third-order valence-corrected chi connectivity index (χ3v) is 3.00. The minimum absolute atomic E-state index is 0.0159. The first kappa shape index (κ1) is 16.5. The SMILES string of the molecule is CCN(C)C(=O)COc1ccc(CNCCOC)cc1. The zero-order chi connectivity index (χ0) is 14.8. The van der Waals surface area contributed by atoms with Gasteiger partial charge in [-0.25, -0.2) is 0 Å². The summed E-state index contributed by atoms with van der Waals surface area (Å²) >= 11 is 0. The average Bonchev–Trinajstić information content (AvgIpc) is 2.49. The van der Waals surface area contributed by atoms with Crippen molar-refractivity contribution in [2.45, 2.75) is 13.5 Å². The van der Waals surface area contributed by atoms with Crippen LogP contribution in [0.15, 0.2) is 24.3 Å². The second-order valence-electron chi connectivity index (χ2n) is 4.51. The van der Waals surface area contributed by atoms with Gasteiger partial charge in [0.2, 0.25) is 0 Å². The number of hydrogen-bond acceptors (Lipinski definition) is 4. The van der Waals surface area contributed by atoms with Gasteiger partial charge < -0.3 is 19.7 Å². The van der Waals surface area contributed by atoms with Crippen LogP contribution in [0.3, 0.4) is 0 Å². The number of carbonyl (C=O) groups excluding carboxylic acids is 1. The molecule has 20 heavy (non-hydrogen) atoms. The molecule has 1 N–H and O–H groups in total. The Balaban J connectivity index is 2.33. The lowest BCUT2D eigenvalue weighted by atomic mass is 10.2. The van der Waals surface area contributed by atoms with Gasteiger partial charge in [0.15, 0.2) is 6.61 Å². The minimum atomic E-state index is -0.0159. The van der Waals surface area contributed by atoms with Crippen LogP contribution in [0.1, 0.15) is 12.5 Å². The van der Waals surface area contributed by atoms with Crippen LogP contribution in [0.5, 0.6) is 5.75 Å². The lowest BCUT2D eigenvalue weighted by molar-refractivity contribution is -0.131. The monoisotopic (exact) mass is 280 g/mol. The topological polar surface area (TPSA) is 50.8 Å². The highest BCUT2D eigenvalue weighted by Gasteiger charge is 2.07. The minimum Gasteiger partial charge on any atom is -0.484 e. The molecular weight excluding hydrogens is 256 g/mol. The number of likely N-dealkylation sites (N-methyl/N-ethyl adjacent to an activating group) is 1. The first-order valence-corrected chi connectivity index (χ1v) is 6.82. The maximum Gasteiger partial charge on any atom is 0.260 e. The molecule has 0 heterocycles. The fraction of sp³-hybridized carbons (Fsp3) is 0.533. The van der Waals surface area contributed by atoms with Crippen LogP contribution in [0.4, 0.5) is 0 Å². The van der Waals surface area contributed by atoms with Gasteiger partial charge >= 0.3 is 0 Å². The molecule has 5 heteroatoms. The van der Waals surface area contributed by atoms with Gasteiger partial charge in [-0.2, -0.15) is 0 Å². The number of carbonyl (C=O) groups is 1. The number of rotatable bonds is 9. The van der Waals surface area contributed by atoms with Crippen LogP contribution in [0.2, 0.25) is 0 Å². The van der Waals surface area contributed by atoms with Crippen LogP contribution in [-0.2, 0) is 16.1 Å². The first-order chi connectivity index (χ1) is 9.67. The van der Waals surface area contributed by atoms with Crippen molar-refractivity contribution in [3.05, 3.63) is 29.8 Å². The summed E-state index contributed by atoms with van der Waals surface area (Å²) in [7, 11) is 3.45. The Morgan fingerprint density at radius 3 is 2.60 bits per heavy atom. The van der Waals surface area contributed by atoms with Gasteiger partial charge in [-0.1, -0.05) is 12.1 Å². The summed E-state index contributed by atoms with van der Waals surface area (Å²) in [6, 6.07) is 7.74. The predicted molar refractivity (Wildman–Crippen MR) is 78.8 cm³/mol. The molecule has 0 spiro atoms. The van der Waals surface area contributed by atoms with Gasteiger partial charge in [-0.15, -0.1) is 0 Å². The van der Waals surface area contributed by atoms with E-state index in [0.717, 1.165) is 13.1 Å².